The Morgan fingerprint density at radius 1 is 1.05 bits per heavy atom. The molecule has 0 bridgehead atoms. The van der Waals surface area contributed by atoms with E-state index >= 15 is 0 Å². The summed E-state index contributed by atoms with van der Waals surface area (Å²) < 4.78 is 0. The molecule has 21 heavy (non-hydrogen) atoms. The van der Waals surface area contributed by atoms with Gasteiger partial charge in [0, 0.05) is 11.6 Å². The number of carbonyl (C=O) groups excluding carboxylic acids is 1. The molecule has 2 nitrogen and oxygen atoms in total. The molecule has 110 valence electrons. The number of rotatable bonds is 5. The van der Waals surface area contributed by atoms with Gasteiger partial charge in [-0.1, -0.05) is 60.1 Å². The van der Waals surface area contributed by atoms with Crippen LogP contribution < -0.4 is 5.32 Å². The Balaban J connectivity index is 1.98. The van der Waals surface area contributed by atoms with Gasteiger partial charge in [0.15, 0.2) is 0 Å². The number of hydrogen-bond donors (Lipinski definition) is 1. The lowest BCUT2D eigenvalue weighted by Gasteiger charge is -2.25. The summed E-state index contributed by atoms with van der Waals surface area (Å²) in [6, 6.07) is 17.6. The molecule has 0 aliphatic heterocycles. The number of nitrogens with one attached hydrogen (secondary N) is 1. The first kappa shape index (κ1) is 15.6. The van der Waals surface area contributed by atoms with Crippen molar-refractivity contribution in [3.63, 3.8) is 0 Å². The number of hydrogen-bond acceptors (Lipinski definition) is 1. The molecule has 2 aromatic rings. The van der Waals surface area contributed by atoms with Gasteiger partial charge >= 0.3 is 0 Å². The summed E-state index contributed by atoms with van der Waals surface area (Å²) in [6.45, 7) is 4.41. The zero-order valence-corrected chi connectivity index (χ0v) is 13.2. The third-order valence-electron chi connectivity index (χ3n) is 3.66. The lowest BCUT2D eigenvalue weighted by molar-refractivity contribution is -0.125. The number of benzene rings is 2. The fraction of sp³-hybridized carbons (Fsp3) is 0.278. The van der Waals surface area contributed by atoms with Gasteiger partial charge in [0.2, 0.25) is 5.91 Å². The van der Waals surface area contributed by atoms with E-state index in [2.05, 4.69) is 17.4 Å². The van der Waals surface area contributed by atoms with E-state index < -0.39 is 5.41 Å². The summed E-state index contributed by atoms with van der Waals surface area (Å²) in [6.07, 6.45) is 0.825. The quantitative estimate of drug-likeness (QED) is 0.889. The molecule has 0 atom stereocenters. The van der Waals surface area contributed by atoms with Crippen molar-refractivity contribution >= 4 is 17.5 Å². The van der Waals surface area contributed by atoms with Crippen molar-refractivity contribution in [1.82, 2.24) is 5.32 Å². The maximum atomic E-state index is 12.4. The molecule has 0 heterocycles. The van der Waals surface area contributed by atoms with Crippen LogP contribution in [0.5, 0.6) is 0 Å². The molecule has 0 aliphatic carbocycles. The molecule has 0 aliphatic rings. The summed E-state index contributed by atoms with van der Waals surface area (Å²) >= 11 is 6.20. The zero-order valence-electron chi connectivity index (χ0n) is 12.4. The highest BCUT2D eigenvalue weighted by Gasteiger charge is 2.31. The maximum absolute atomic E-state index is 12.4. The lowest BCUT2D eigenvalue weighted by Crippen LogP contribution is -2.41. The SMILES string of the molecule is CC(C)(C(=O)NCCc1ccccc1)c1ccccc1Cl. The van der Waals surface area contributed by atoms with E-state index in [0.717, 1.165) is 12.0 Å². The standard InChI is InChI=1S/C18H20ClNO/c1-18(2,15-10-6-7-11-16(15)19)17(21)20-13-12-14-8-4-3-5-9-14/h3-11H,12-13H2,1-2H3,(H,20,21). The predicted octanol–water partition coefficient (Wildman–Crippen LogP) is 3.98. The minimum Gasteiger partial charge on any atom is -0.355 e. The van der Waals surface area contributed by atoms with E-state index in [1.54, 1.807) is 0 Å². The Kier molecular flexibility index (Phi) is 5.03. The highest BCUT2D eigenvalue weighted by Crippen LogP contribution is 2.29. The second kappa shape index (κ2) is 6.77. The Hall–Kier alpha value is -1.80. The number of carbonyl (C=O) groups is 1. The molecule has 2 aromatic carbocycles. The van der Waals surface area contributed by atoms with Gasteiger partial charge in [-0.3, -0.25) is 4.79 Å². The Bertz CT molecular complexity index is 608. The molecule has 1 N–H and O–H groups in total. The van der Waals surface area contributed by atoms with Gasteiger partial charge in [-0.2, -0.15) is 0 Å². The van der Waals surface area contributed by atoms with E-state index in [9.17, 15) is 4.79 Å². The molecule has 0 fully saturated rings. The molecule has 0 spiro atoms. The van der Waals surface area contributed by atoms with E-state index in [4.69, 9.17) is 11.6 Å². The summed E-state index contributed by atoms with van der Waals surface area (Å²) in [5.74, 6) is -0.00784. The van der Waals surface area contributed by atoms with Gasteiger partial charge in [0.1, 0.15) is 0 Å². The molecule has 3 heteroatoms. The molecule has 2 rings (SSSR count). The molecule has 1 amide bonds. The van der Waals surface area contributed by atoms with Crippen LogP contribution in [0.1, 0.15) is 25.0 Å². The zero-order chi connectivity index (χ0) is 15.3. The second-order valence-corrected chi connectivity index (χ2v) is 6.00. The van der Waals surface area contributed by atoms with Crippen LogP contribution in [0.25, 0.3) is 0 Å². The van der Waals surface area contributed by atoms with E-state index in [0.29, 0.717) is 11.6 Å². The van der Waals surface area contributed by atoms with Crippen LogP contribution in [-0.2, 0) is 16.6 Å². The topological polar surface area (TPSA) is 29.1 Å². The molecule has 0 saturated carbocycles. The highest BCUT2D eigenvalue weighted by atomic mass is 35.5. The van der Waals surface area contributed by atoms with Gasteiger partial charge in [0.05, 0.1) is 5.41 Å². The Morgan fingerprint density at radius 3 is 2.33 bits per heavy atom. The monoisotopic (exact) mass is 301 g/mol. The van der Waals surface area contributed by atoms with Crippen LogP contribution in [0.2, 0.25) is 5.02 Å². The fourth-order valence-electron chi connectivity index (χ4n) is 2.28. The van der Waals surface area contributed by atoms with Crippen molar-refractivity contribution in [2.75, 3.05) is 6.54 Å². The van der Waals surface area contributed by atoms with E-state index in [1.807, 2.05) is 56.3 Å². The van der Waals surface area contributed by atoms with Gasteiger partial charge < -0.3 is 5.32 Å². The fourth-order valence-corrected chi connectivity index (χ4v) is 2.65. The van der Waals surface area contributed by atoms with Gasteiger partial charge in [0.25, 0.3) is 0 Å². The average molecular weight is 302 g/mol. The van der Waals surface area contributed by atoms with E-state index in [1.165, 1.54) is 5.56 Å². The first-order valence-corrected chi connectivity index (χ1v) is 7.47. The molecular weight excluding hydrogens is 282 g/mol. The van der Waals surface area contributed by atoms with Crippen LogP contribution in [0.15, 0.2) is 54.6 Å². The van der Waals surface area contributed by atoms with Crippen molar-refractivity contribution in [3.8, 4) is 0 Å². The van der Waals surface area contributed by atoms with Gasteiger partial charge in [-0.15, -0.1) is 0 Å². The number of amides is 1. The minimum absolute atomic E-state index is 0.00784. The summed E-state index contributed by atoms with van der Waals surface area (Å²) in [5.41, 5.74) is 1.42. The third kappa shape index (κ3) is 3.85. The summed E-state index contributed by atoms with van der Waals surface area (Å²) in [7, 11) is 0. The predicted molar refractivity (Wildman–Crippen MR) is 87.6 cm³/mol. The van der Waals surface area contributed by atoms with E-state index in [-0.39, 0.29) is 5.91 Å². The minimum atomic E-state index is -0.644. The third-order valence-corrected chi connectivity index (χ3v) is 3.99. The highest BCUT2D eigenvalue weighted by molar-refractivity contribution is 6.31. The van der Waals surface area contributed by atoms with Crippen molar-refractivity contribution in [1.29, 1.82) is 0 Å². The molecule has 0 unspecified atom stereocenters. The first-order chi connectivity index (χ1) is 10.0. The van der Waals surface area contributed by atoms with Crippen molar-refractivity contribution in [3.05, 3.63) is 70.7 Å². The normalized spacial score (nSPS) is 11.2. The molecule has 0 radical (unpaired) electrons. The van der Waals surface area contributed by atoms with Gasteiger partial charge in [-0.25, -0.2) is 0 Å². The summed E-state index contributed by atoms with van der Waals surface area (Å²) in [5, 5.41) is 3.63. The first-order valence-electron chi connectivity index (χ1n) is 7.09. The molecule has 0 aromatic heterocycles. The second-order valence-electron chi connectivity index (χ2n) is 5.60. The average Bonchev–Trinajstić information content (AvgIpc) is 2.48. The Labute approximate surface area is 131 Å². The van der Waals surface area contributed by atoms with Crippen LogP contribution >= 0.6 is 11.6 Å². The lowest BCUT2D eigenvalue weighted by atomic mass is 9.83. The smallest absolute Gasteiger partial charge is 0.230 e. The maximum Gasteiger partial charge on any atom is 0.230 e. The molecule has 0 saturated heterocycles. The summed E-state index contributed by atoms with van der Waals surface area (Å²) in [4.78, 5) is 12.4. The Morgan fingerprint density at radius 2 is 1.67 bits per heavy atom. The van der Waals surface area contributed by atoms with Crippen molar-refractivity contribution in [2.24, 2.45) is 0 Å². The van der Waals surface area contributed by atoms with Crippen LogP contribution in [0.4, 0.5) is 0 Å². The van der Waals surface area contributed by atoms with Crippen LogP contribution in [-0.4, -0.2) is 12.5 Å². The van der Waals surface area contributed by atoms with Crippen LogP contribution in [0.3, 0.4) is 0 Å². The van der Waals surface area contributed by atoms with Crippen LogP contribution in [0, 0.1) is 0 Å². The van der Waals surface area contributed by atoms with Crippen molar-refractivity contribution in [2.45, 2.75) is 25.7 Å². The molecular formula is C18H20ClNO. The largest absolute Gasteiger partial charge is 0.355 e. The van der Waals surface area contributed by atoms with Gasteiger partial charge in [-0.05, 0) is 37.5 Å². The number of halogens is 1. The van der Waals surface area contributed by atoms with Crippen molar-refractivity contribution < 1.29 is 4.79 Å².